The molecule has 2 heterocycles. The standard InChI is InChI=1S/C6H11N5/c7-6-4-11(10-9-6)5-1-2-8-3-5/h4-5,8H,1-3,7H2. The van der Waals surface area contributed by atoms with E-state index in [2.05, 4.69) is 15.6 Å². The lowest BCUT2D eigenvalue weighted by atomic mass is 10.3. The molecule has 0 aliphatic carbocycles. The topological polar surface area (TPSA) is 68.8 Å². The van der Waals surface area contributed by atoms with Crippen molar-refractivity contribution in [2.24, 2.45) is 0 Å². The van der Waals surface area contributed by atoms with Gasteiger partial charge in [0, 0.05) is 6.54 Å². The van der Waals surface area contributed by atoms with Crippen molar-refractivity contribution in [2.45, 2.75) is 12.5 Å². The van der Waals surface area contributed by atoms with Crippen molar-refractivity contribution in [3.63, 3.8) is 0 Å². The molecule has 0 spiro atoms. The third-order valence-electron chi connectivity index (χ3n) is 1.94. The number of anilines is 1. The highest BCUT2D eigenvalue weighted by Crippen LogP contribution is 2.13. The van der Waals surface area contributed by atoms with Crippen LogP contribution in [-0.2, 0) is 0 Å². The molecule has 0 bridgehead atoms. The van der Waals surface area contributed by atoms with Gasteiger partial charge in [0.1, 0.15) is 0 Å². The summed E-state index contributed by atoms with van der Waals surface area (Å²) in [4.78, 5) is 0. The van der Waals surface area contributed by atoms with Gasteiger partial charge in [0.2, 0.25) is 0 Å². The Balaban J connectivity index is 2.15. The smallest absolute Gasteiger partial charge is 0.165 e. The molecule has 1 atom stereocenters. The zero-order valence-corrected chi connectivity index (χ0v) is 6.20. The first-order chi connectivity index (χ1) is 5.36. The minimum Gasteiger partial charge on any atom is -0.381 e. The minimum absolute atomic E-state index is 0.444. The maximum Gasteiger partial charge on any atom is 0.165 e. The van der Waals surface area contributed by atoms with Gasteiger partial charge in [-0.2, -0.15) is 0 Å². The first kappa shape index (κ1) is 6.60. The normalized spacial score (nSPS) is 24.2. The molecule has 0 saturated carbocycles. The highest BCUT2D eigenvalue weighted by atomic mass is 15.4. The van der Waals surface area contributed by atoms with E-state index in [4.69, 9.17) is 5.73 Å². The molecular formula is C6H11N5. The molecule has 1 aliphatic heterocycles. The first-order valence-corrected chi connectivity index (χ1v) is 3.74. The fourth-order valence-corrected chi connectivity index (χ4v) is 1.33. The number of nitrogens with two attached hydrogens (primary N) is 1. The van der Waals surface area contributed by atoms with Crippen LogP contribution in [0.25, 0.3) is 0 Å². The summed E-state index contributed by atoms with van der Waals surface area (Å²) < 4.78 is 1.83. The summed E-state index contributed by atoms with van der Waals surface area (Å²) in [6.07, 6.45) is 2.89. The summed E-state index contributed by atoms with van der Waals surface area (Å²) in [5.41, 5.74) is 5.43. The first-order valence-electron chi connectivity index (χ1n) is 3.74. The molecule has 60 valence electrons. The van der Waals surface area contributed by atoms with E-state index in [1.807, 2.05) is 4.68 Å². The van der Waals surface area contributed by atoms with Gasteiger partial charge >= 0.3 is 0 Å². The Labute approximate surface area is 64.6 Å². The van der Waals surface area contributed by atoms with Crippen LogP contribution < -0.4 is 11.1 Å². The van der Waals surface area contributed by atoms with Crippen LogP contribution in [0.2, 0.25) is 0 Å². The number of nitrogens with zero attached hydrogens (tertiary/aromatic N) is 3. The summed E-state index contributed by atoms with van der Waals surface area (Å²) in [6, 6.07) is 0.444. The Morgan fingerprint density at radius 2 is 2.64 bits per heavy atom. The maximum atomic E-state index is 5.43. The van der Waals surface area contributed by atoms with Crippen LogP contribution in [0.15, 0.2) is 6.20 Å². The molecule has 5 nitrogen and oxygen atoms in total. The number of nitrogens with one attached hydrogen (secondary N) is 1. The molecule has 11 heavy (non-hydrogen) atoms. The summed E-state index contributed by atoms with van der Waals surface area (Å²) in [5.74, 6) is 0.497. The van der Waals surface area contributed by atoms with Gasteiger partial charge in [-0.05, 0) is 13.0 Å². The molecule has 1 aromatic heterocycles. The zero-order chi connectivity index (χ0) is 7.68. The van der Waals surface area contributed by atoms with Gasteiger partial charge in [-0.1, -0.05) is 5.21 Å². The zero-order valence-electron chi connectivity index (χ0n) is 6.20. The summed E-state index contributed by atoms with van der Waals surface area (Å²) >= 11 is 0. The van der Waals surface area contributed by atoms with Crippen LogP contribution in [0.1, 0.15) is 12.5 Å². The van der Waals surface area contributed by atoms with Crippen molar-refractivity contribution >= 4 is 5.82 Å². The van der Waals surface area contributed by atoms with Crippen LogP contribution in [0.3, 0.4) is 0 Å². The summed E-state index contributed by atoms with van der Waals surface area (Å²) in [5, 5.41) is 10.9. The highest BCUT2D eigenvalue weighted by Gasteiger charge is 2.16. The third-order valence-corrected chi connectivity index (χ3v) is 1.94. The van der Waals surface area contributed by atoms with Gasteiger partial charge < -0.3 is 11.1 Å². The highest BCUT2D eigenvalue weighted by molar-refractivity contribution is 5.20. The maximum absolute atomic E-state index is 5.43. The van der Waals surface area contributed by atoms with Gasteiger partial charge in [0.15, 0.2) is 5.82 Å². The lowest BCUT2D eigenvalue weighted by Crippen LogP contribution is -2.13. The van der Waals surface area contributed by atoms with Gasteiger partial charge in [0.25, 0.3) is 0 Å². The van der Waals surface area contributed by atoms with Crippen LogP contribution in [0.4, 0.5) is 5.82 Å². The van der Waals surface area contributed by atoms with Crippen molar-refractivity contribution in [2.75, 3.05) is 18.8 Å². The molecule has 1 aliphatic rings. The molecular weight excluding hydrogens is 142 g/mol. The minimum atomic E-state index is 0.444. The molecule has 1 aromatic rings. The summed E-state index contributed by atoms with van der Waals surface area (Å²) in [7, 11) is 0. The second-order valence-corrected chi connectivity index (χ2v) is 2.77. The molecule has 1 fully saturated rings. The lowest BCUT2D eigenvalue weighted by Gasteiger charge is -2.05. The van der Waals surface area contributed by atoms with E-state index in [1.54, 1.807) is 6.20 Å². The summed E-state index contributed by atoms with van der Waals surface area (Å²) in [6.45, 7) is 2.03. The predicted octanol–water partition coefficient (Wildman–Crippen LogP) is -0.605. The number of nitrogen functional groups attached to an aromatic ring is 1. The third kappa shape index (κ3) is 1.19. The van der Waals surface area contributed by atoms with Crippen molar-refractivity contribution in [1.29, 1.82) is 0 Å². The number of hydrogen-bond acceptors (Lipinski definition) is 4. The van der Waals surface area contributed by atoms with E-state index in [-0.39, 0.29) is 0 Å². The van der Waals surface area contributed by atoms with Gasteiger partial charge in [-0.15, -0.1) is 5.10 Å². The second-order valence-electron chi connectivity index (χ2n) is 2.77. The largest absolute Gasteiger partial charge is 0.381 e. The van der Waals surface area contributed by atoms with E-state index in [0.717, 1.165) is 19.5 Å². The van der Waals surface area contributed by atoms with E-state index in [0.29, 0.717) is 11.9 Å². The molecule has 0 amide bonds. The Kier molecular flexibility index (Phi) is 1.50. The Morgan fingerprint density at radius 1 is 1.73 bits per heavy atom. The van der Waals surface area contributed by atoms with Crippen LogP contribution in [0, 0.1) is 0 Å². The molecule has 0 aromatic carbocycles. The molecule has 1 saturated heterocycles. The fraction of sp³-hybridized carbons (Fsp3) is 0.667. The predicted molar refractivity (Wildman–Crippen MR) is 41.0 cm³/mol. The van der Waals surface area contributed by atoms with Crippen molar-refractivity contribution < 1.29 is 0 Å². The number of rotatable bonds is 1. The van der Waals surface area contributed by atoms with E-state index < -0.39 is 0 Å². The van der Waals surface area contributed by atoms with Crippen molar-refractivity contribution in [3.8, 4) is 0 Å². The molecule has 0 radical (unpaired) electrons. The average Bonchev–Trinajstić information content (AvgIpc) is 2.55. The van der Waals surface area contributed by atoms with E-state index >= 15 is 0 Å². The lowest BCUT2D eigenvalue weighted by molar-refractivity contribution is 0.476. The number of aromatic nitrogens is 3. The second kappa shape index (κ2) is 2.50. The van der Waals surface area contributed by atoms with Gasteiger partial charge in [0.05, 0.1) is 12.2 Å². The Morgan fingerprint density at radius 3 is 3.18 bits per heavy atom. The average molecular weight is 153 g/mol. The number of hydrogen-bond donors (Lipinski definition) is 2. The van der Waals surface area contributed by atoms with Gasteiger partial charge in [-0.3, -0.25) is 0 Å². The Hall–Kier alpha value is -1.10. The van der Waals surface area contributed by atoms with Crippen molar-refractivity contribution in [3.05, 3.63) is 6.20 Å². The fourth-order valence-electron chi connectivity index (χ4n) is 1.33. The van der Waals surface area contributed by atoms with Crippen LogP contribution in [-0.4, -0.2) is 28.1 Å². The monoisotopic (exact) mass is 153 g/mol. The van der Waals surface area contributed by atoms with Crippen molar-refractivity contribution in [1.82, 2.24) is 20.3 Å². The van der Waals surface area contributed by atoms with E-state index in [1.165, 1.54) is 0 Å². The van der Waals surface area contributed by atoms with E-state index in [9.17, 15) is 0 Å². The molecule has 1 unspecified atom stereocenters. The molecule has 5 heteroatoms. The van der Waals surface area contributed by atoms with Crippen LogP contribution in [0.5, 0.6) is 0 Å². The van der Waals surface area contributed by atoms with Gasteiger partial charge in [-0.25, -0.2) is 4.68 Å². The molecule has 2 rings (SSSR count). The molecule has 3 N–H and O–H groups in total. The quantitative estimate of drug-likeness (QED) is 0.565. The Bertz CT molecular complexity index is 237. The SMILES string of the molecule is Nc1cn(C2CCNC2)nn1. The van der Waals surface area contributed by atoms with Crippen LogP contribution >= 0.6 is 0 Å².